The van der Waals surface area contributed by atoms with E-state index in [1.54, 1.807) is 16.8 Å². The lowest BCUT2D eigenvalue weighted by atomic mass is 10.2. The molecule has 3 aromatic rings. The maximum absolute atomic E-state index is 13.1. The Morgan fingerprint density at radius 1 is 1.04 bits per heavy atom. The number of para-hydroxylation sites is 1. The van der Waals surface area contributed by atoms with Crippen LogP contribution in [-0.2, 0) is 11.3 Å². The second-order valence-electron chi connectivity index (χ2n) is 6.63. The van der Waals surface area contributed by atoms with E-state index < -0.39 is 0 Å². The van der Waals surface area contributed by atoms with Gasteiger partial charge in [-0.15, -0.1) is 0 Å². The highest BCUT2D eigenvalue weighted by Crippen LogP contribution is 2.23. The Balaban J connectivity index is 1.33. The molecule has 4 rings (SSSR count). The van der Waals surface area contributed by atoms with Crippen LogP contribution in [0, 0.1) is 5.82 Å². The predicted octanol–water partition coefficient (Wildman–Crippen LogP) is 3.57. The summed E-state index contributed by atoms with van der Waals surface area (Å²) in [5.74, 6) is -0.122. The number of hydrogen-bond donors (Lipinski definition) is 0. The van der Waals surface area contributed by atoms with Gasteiger partial charge in [-0.05, 0) is 36.4 Å². The van der Waals surface area contributed by atoms with Crippen molar-refractivity contribution in [2.75, 3.05) is 31.1 Å². The molecule has 1 fully saturated rings. The van der Waals surface area contributed by atoms with Gasteiger partial charge < -0.3 is 9.80 Å². The molecule has 2 heterocycles. The standard InChI is InChI=1S/C20H20ClFN4O/c21-20-17-3-1-2-4-18(17)26(23-20)10-9-19(27)25-13-11-24(12-14-25)16-7-5-15(22)6-8-16/h1-8H,9-14H2. The van der Waals surface area contributed by atoms with Crippen LogP contribution >= 0.6 is 11.6 Å². The average molecular weight is 387 g/mol. The molecule has 0 spiro atoms. The third-order valence-electron chi connectivity index (χ3n) is 4.97. The van der Waals surface area contributed by atoms with Crippen LogP contribution < -0.4 is 4.90 Å². The Kier molecular flexibility index (Phi) is 4.99. The van der Waals surface area contributed by atoms with E-state index in [4.69, 9.17) is 11.6 Å². The molecule has 1 amide bonds. The summed E-state index contributed by atoms with van der Waals surface area (Å²) in [5.41, 5.74) is 1.93. The highest BCUT2D eigenvalue weighted by molar-refractivity contribution is 6.34. The summed E-state index contributed by atoms with van der Waals surface area (Å²) in [5, 5.41) is 5.70. The maximum atomic E-state index is 13.1. The van der Waals surface area contributed by atoms with Gasteiger partial charge in [-0.3, -0.25) is 9.48 Å². The van der Waals surface area contributed by atoms with Crippen LogP contribution in [0.1, 0.15) is 6.42 Å². The van der Waals surface area contributed by atoms with Crippen LogP contribution in [0.15, 0.2) is 48.5 Å². The zero-order valence-electron chi connectivity index (χ0n) is 14.8. The first kappa shape index (κ1) is 17.8. The van der Waals surface area contributed by atoms with Crippen molar-refractivity contribution in [2.24, 2.45) is 0 Å². The van der Waals surface area contributed by atoms with E-state index in [0.717, 1.165) is 29.7 Å². The van der Waals surface area contributed by atoms with Crippen molar-refractivity contribution in [3.8, 4) is 0 Å². The number of aryl methyl sites for hydroxylation is 1. The second kappa shape index (κ2) is 7.56. The van der Waals surface area contributed by atoms with Crippen molar-refractivity contribution in [1.29, 1.82) is 0 Å². The Labute approximate surface area is 161 Å². The summed E-state index contributed by atoms with van der Waals surface area (Å²) in [6.45, 7) is 3.32. The van der Waals surface area contributed by atoms with E-state index >= 15 is 0 Å². The van der Waals surface area contributed by atoms with E-state index in [9.17, 15) is 9.18 Å². The number of amides is 1. The van der Waals surface area contributed by atoms with Gasteiger partial charge in [0.25, 0.3) is 0 Å². The zero-order valence-corrected chi connectivity index (χ0v) is 15.6. The normalized spacial score (nSPS) is 14.7. The smallest absolute Gasteiger partial charge is 0.224 e. The third-order valence-corrected chi connectivity index (χ3v) is 5.25. The van der Waals surface area contributed by atoms with Gasteiger partial charge in [0, 0.05) is 43.7 Å². The lowest BCUT2D eigenvalue weighted by Gasteiger charge is -2.36. The van der Waals surface area contributed by atoms with Gasteiger partial charge in [0.15, 0.2) is 5.15 Å². The summed E-state index contributed by atoms with van der Waals surface area (Å²) in [6.07, 6.45) is 0.387. The number of piperazine rings is 1. The van der Waals surface area contributed by atoms with E-state index in [1.807, 2.05) is 29.2 Å². The van der Waals surface area contributed by atoms with E-state index in [1.165, 1.54) is 12.1 Å². The SMILES string of the molecule is O=C(CCn1nc(Cl)c2ccccc21)N1CCN(c2ccc(F)cc2)CC1. The van der Waals surface area contributed by atoms with Crippen LogP contribution in [0.3, 0.4) is 0 Å². The summed E-state index contributed by atoms with van der Waals surface area (Å²) >= 11 is 6.17. The van der Waals surface area contributed by atoms with Crippen molar-refractivity contribution in [1.82, 2.24) is 14.7 Å². The molecule has 1 aliphatic rings. The largest absolute Gasteiger partial charge is 0.368 e. The fourth-order valence-electron chi connectivity index (χ4n) is 3.48. The lowest BCUT2D eigenvalue weighted by molar-refractivity contribution is -0.131. The number of nitrogens with zero attached hydrogens (tertiary/aromatic N) is 4. The Hall–Kier alpha value is -2.60. The van der Waals surface area contributed by atoms with Crippen molar-refractivity contribution in [3.63, 3.8) is 0 Å². The molecular weight excluding hydrogens is 367 g/mol. The molecule has 0 radical (unpaired) electrons. The topological polar surface area (TPSA) is 41.4 Å². The molecule has 0 saturated carbocycles. The Morgan fingerprint density at radius 2 is 1.74 bits per heavy atom. The first-order chi connectivity index (χ1) is 13.1. The fourth-order valence-corrected chi connectivity index (χ4v) is 3.73. The minimum absolute atomic E-state index is 0.115. The molecule has 1 saturated heterocycles. The molecule has 0 atom stereocenters. The van der Waals surface area contributed by atoms with Crippen LogP contribution in [0.2, 0.25) is 5.15 Å². The maximum Gasteiger partial charge on any atom is 0.224 e. The third kappa shape index (κ3) is 3.76. The first-order valence-electron chi connectivity index (χ1n) is 9.01. The zero-order chi connectivity index (χ0) is 18.8. The Morgan fingerprint density at radius 3 is 2.48 bits per heavy atom. The molecule has 2 aromatic carbocycles. The highest BCUT2D eigenvalue weighted by atomic mass is 35.5. The van der Waals surface area contributed by atoms with Gasteiger partial charge in [-0.25, -0.2) is 4.39 Å². The van der Waals surface area contributed by atoms with Crippen molar-refractivity contribution >= 4 is 34.1 Å². The van der Waals surface area contributed by atoms with E-state index in [0.29, 0.717) is 31.2 Å². The molecule has 1 aromatic heterocycles. The quantitative estimate of drug-likeness (QED) is 0.688. The summed E-state index contributed by atoms with van der Waals surface area (Å²) in [6, 6.07) is 14.2. The molecule has 5 nitrogen and oxygen atoms in total. The number of benzene rings is 2. The van der Waals surface area contributed by atoms with Crippen molar-refractivity contribution in [2.45, 2.75) is 13.0 Å². The summed E-state index contributed by atoms with van der Waals surface area (Å²) < 4.78 is 14.9. The number of halogens is 2. The minimum Gasteiger partial charge on any atom is -0.368 e. The predicted molar refractivity (Wildman–Crippen MR) is 105 cm³/mol. The number of fused-ring (bicyclic) bond motifs is 1. The van der Waals surface area contributed by atoms with Crippen LogP contribution in [0.25, 0.3) is 10.9 Å². The lowest BCUT2D eigenvalue weighted by Crippen LogP contribution is -2.49. The molecule has 7 heteroatoms. The monoisotopic (exact) mass is 386 g/mol. The summed E-state index contributed by atoms with van der Waals surface area (Å²) in [4.78, 5) is 16.6. The van der Waals surface area contributed by atoms with Gasteiger partial charge >= 0.3 is 0 Å². The molecule has 1 aliphatic heterocycles. The number of rotatable bonds is 4. The molecule has 0 unspecified atom stereocenters. The molecule has 27 heavy (non-hydrogen) atoms. The molecule has 0 N–H and O–H groups in total. The number of carbonyl (C=O) groups is 1. The van der Waals surface area contributed by atoms with Crippen LogP contribution in [0.4, 0.5) is 10.1 Å². The van der Waals surface area contributed by atoms with Crippen LogP contribution in [-0.4, -0.2) is 46.8 Å². The molecule has 140 valence electrons. The highest BCUT2D eigenvalue weighted by Gasteiger charge is 2.21. The first-order valence-corrected chi connectivity index (χ1v) is 9.39. The van der Waals surface area contributed by atoms with Gasteiger partial charge in [-0.1, -0.05) is 23.7 Å². The number of aromatic nitrogens is 2. The van der Waals surface area contributed by atoms with Gasteiger partial charge in [0.2, 0.25) is 5.91 Å². The van der Waals surface area contributed by atoms with Gasteiger partial charge in [-0.2, -0.15) is 5.10 Å². The molecule has 0 bridgehead atoms. The fraction of sp³-hybridized carbons (Fsp3) is 0.300. The number of carbonyl (C=O) groups excluding carboxylic acids is 1. The van der Waals surface area contributed by atoms with Gasteiger partial charge in [0.05, 0.1) is 12.1 Å². The summed E-state index contributed by atoms with van der Waals surface area (Å²) in [7, 11) is 0. The van der Waals surface area contributed by atoms with E-state index in [2.05, 4.69) is 10.00 Å². The van der Waals surface area contributed by atoms with Crippen molar-refractivity contribution < 1.29 is 9.18 Å². The van der Waals surface area contributed by atoms with Crippen LogP contribution in [0.5, 0.6) is 0 Å². The average Bonchev–Trinajstić information content (AvgIpc) is 3.03. The minimum atomic E-state index is -0.237. The molecular formula is C20H20ClFN4O. The number of hydrogen-bond acceptors (Lipinski definition) is 3. The second-order valence-corrected chi connectivity index (χ2v) is 6.98. The van der Waals surface area contributed by atoms with Gasteiger partial charge in [0.1, 0.15) is 5.82 Å². The van der Waals surface area contributed by atoms with Crippen molar-refractivity contribution in [3.05, 3.63) is 59.5 Å². The molecule has 0 aliphatic carbocycles. The van der Waals surface area contributed by atoms with E-state index in [-0.39, 0.29) is 11.7 Å². The Bertz CT molecular complexity index is 948. The number of anilines is 1.